The number of hydrogen-bond donors (Lipinski definition) is 2. The first-order chi connectivity index (χ1) is 20.2. The molecular formula is C29H31F6N5O2S. The highest BCUT2D eigenvalue weighted by molar-refractivity contribution is 7.13. The van der Waals surface area contributed by atoms with E-state index in [1.54, 1.807) is 5.38 Å². The van der Waals surface area contributed by atoms with Crippen LogP contribution in [-0.4, -0.2) is 54.4 Å². The van der Waals surface area contributed by atoms with Crippen LogP contribution in [0.15, 0.2) is 47.8 Å². The van der Waals surface area contributed by atoms with Crippen LogP contribution in [-0.2, 0) is 28.5 Å². The highest BCUT2D eigenvalue weighted by atomic mass is 32.1. The Hall–Kier alpha value is -3.65. The standard InChI is InChI=1S/C29H31F6N5O2S/c1-18-5-3-4-6-25(18)40-11-9-39(10-12-40)8-7-23(24-17-43-27(38-24)37-19(2)41)26(42)36-16-20-13-21(28(30,31)32)15-22(14-20)29(33,34)35/h3-6,13-15,17,23H,7-12,16H2,1-2H3,(H,36,42)(H,37,38,41). The molecule has 2 heterocycles. The molecule has 1 aliphatic heterocycles. The number of aromatic nitrogens is 1. The van der Waals surface area contributed by atoms with Crippen molar-refractivity contribution in [2.45, 2.75) is 45.1 Å². The van der Waals surface area contributed by atoms with Gasteiger partial charge < -0.3 is 15.5 Å². The third kappa shape index (κ3) is 8.69. The maximum absolute atomic E-state index is 13.4. The van der Waals surface area contributed by atoms with Crippen LogP contribution in [0.25, 0.3) is 0 Å². The first-order valence-corrected chi connectivity index (χ1v) is 14.4. The molecule has 0 aliphatic carbocycles. The van der Waals surface area contributed by atoms with E-state index in [0.717, 1.165) is 43.2 Å². The molecule has 1 aliphatic rings. The van der Waals surface area contributed by atoms with Crippen LogP contribution < -0.4 is 15.5 Å². The Kier molecular flexibility index (Phi) is 10.0. The number of hydrogen-bond acceptors (Lipinski definition) is 6. The molecule has 0 saturated carbocycles. The Balaban J connectivity index is 1.46. The van der Waals surface area contributed by atoms with Gasteiger partial charge >= 0.3 is 12.4 Å². The number of nitrogens with one attached hydrogen (secondary N) is 2. The molecule has 1 unspecified atom stereocenters. The Bertz CT molecular complexity index is 1400. The van der Waals surface area contributed by atoms with Crippen LogP contribution in [0.1, 0.15) is 47.2 Å². The fraction of sp³-hybridized carbons (Fsp3) is 0.414. The van der Waals surface area contributed by atoms with E-state index in [1.807, 2.05) is 12.1 Å². The van der Waals surface area contributed by atoms with Crippen LogP contribution in [0.2, 0.25) is 0 Å². The molecule has 3 aromatic rings. The predicted molar refractivity (Wildman–Crippen MR) is 152 cm³/mol. The number of halogens is 6. The van der Waals surface area contributed by atoms with Crippen molar-refractivity contribution in [3.05, 3.63) is 75.8 Å². The maximum Gasteiger partial charge on any atom is 0.416 e. The van der Waals surface area contributed by atoms with Crippen molar-refractivity contribution in [3.63, 3.8) is 0 Å². The van der Waals surface area contributed by atoms with Gasteiger partial charge in [0.25, 0.3) is 0 Å². The minimum atomic E-state index is -4.99. The number of anilines is 2. The van der Waals surface area contributed by atoms with E-state index in [4.69, 9.17) is 0 Å². The Labute approximate surface area is 248 Å². The average Bonchev–Trinajstić information content (AvgIpc) is 3.39. The normalized spacial score (nSPS) is 15.3. The number of nitrogens with zero attached hydrogens (tertiary/aromatic N) is 3. The zero-order valence-electron chi connectivity index (χ0n) is 23.5. The summed E-state index contributed by atoms with van der Waals surface area (Å²) < 4.78 is 79.8. The minimum absolute atomic E-state index is 0.0474. The molecule has 43 heavy (non-hydrogen) atoms. The molecule has 14 heteroatoms. The van der Waals surface area contributed by atoms with Gasteiger partial charge in [-0.05, 0) is 55.3 Å². The number of amides is 2. The molecule has 1 aromatic heterocycles. The average molecular weight is 628 g/mol. The number of carbonyl (C=O) groups is 2. The highest BCUT2D eigenvalue weighted by Gasteiger charge is 2.37. The Morgan fingerprint density at radius 1 is 0.977 bits per heavy atom. The number of rotatable bonds is 9. The van der Waals surface area contributed by atoms with Crippen molar-refractivity contribution in [1.82, 2.24) is 15.2 Å². The Morgan fingerprint density at radius 3 is 2.19 bits per heavy atom. The summed E-state index contributed by atoms with van der Waals surface area (Å²) in [6.07, 6.45) is -9.69. The largest absolute Gasteiger partial charge is 0.416 e. The van der Waals surface area contributed by atoms with Gasteiger partial charge in [0.05, 0.1) is 22.7 Å². The number of alkyl halides is 6. The van der Waals surface area contributed by atoms with E-state index in [0.29, 0.717) is 30.8 Å². The van der Waals surface area contributed by atoms with Crippen molar-refractivity contribution in [3.8, 4) is 0 Å². The predicted octanol–water partition coefficient (Wildman–Crippen LogP) is 6.06. The fourth-order valence-electron chi connectivity index (χ4n) is 4.94. The second kappa shape index (κ2) is 13.3. The van der Waals surface area contributed by atoms with Crippen molar-refractivity contribution < 1.29 is 35.9 Å². The first kappa shape index (κ1) is 32.3. The van der Waals surface area contributed by atoms with Gasteiger partial charge in [-0.2, -0.15) is 26.3 Å². The smallest absolute Gasteiger partial charge is 0.369 e. The summed E-state index contributed by atoms with van der Waals surface area (Å²) in [7, 11) is 0. The molecule has 1 saturated heterocycles. The summed E-state index contributed by atoms with van der Waals surface area (Å²) in [6, 6.07) is 9.33. The summed E-state index contributed by atoms with van der Waals surface area (Å²) >= 11 is 1.11. The van der Waals surface area contributed by atoms with E-state index in [1.165, 1.54) is 12.5 Å². The summed E-state index contributed by atoms with van der Waals surface area (Å²) in [6.45, 7) is 6.37. The summed E-state index contributed by atoms with van der Waals surface area (Å²) in [5, 5.41) is 6.95. The minimum Gasteiger partial charge on any atom is -0.369 e. The van der Waals surface area contributed by atoms with Crippen molar-refractivity contribution in [1.29, 1.82) is 0 Å². The molecule has 1 atom stereocenters. The van der Waals surface area contributed by atoms with Crippen LogP contribution in [0.5, 0.6) is 0 Å². The van der Waals surface area contributed by atoms with Crippen molar-refractivity contribution in [2.24, 2.45) is 0 Å². The zero-order chi connectivity index (χ0) is 31.4. The summed E-state index contributed by atoms with van der Waals surface area (Å²) in [5.74, 6) is -1.79. The van der Waals surface area contributed by atoms with E-state index >= 15 is 0 Å². The van der Waals surface area contributed by atoms with E-state index in [9.17, 15) is 35.9 Å². The molecule has 0 radical (unpaired) electrons. The molecule has 0 spiro atoms. The lowest BCUT2D eigenvalue weighted by atomic mass is 10.00. The second-order valence-corrected chi connectivity index (χ2v) is 11.2. The number of para-hydroxylation sites is 1. The quantitative estimate of drug-likeness (QED) is 0.282. The number of thiazole rings is 1. The number of carbonyl (C=O) groups excluding carboxylic acids is 2. The first-order valence-electron chi connectivity index (χ1n) is 13.5. The third-order valence-electron chi connectivity index (χ3n) is 7.16. The lowest BCUT2D eigenvalue weighted by molar-refractivity contribution is -0.143. The van der Waals surface area contributed by atoms with Crippen molar-refractivity contribution in [2.75, 3.05) is 42.9 Å². The van der Waals surface area contributed by atoms with Gasteiger partial charge in [0.15, 0.2) is 5.13 Å². The highest BCUT2D eigenvalue weighted by Crippen LogP contribution is 2.36. The molecule has 7 nitrogen and oxygen atoms in total. The molecule has 2 N–H and O–H groups in total. The third-order valence-corrected chi connectivity index (χ3v) is 7.93. The van der Waals surface area contributed by atoms with Gasteiger partial charge in [-0.15, -0.1) is 11.3 Å². The molecule has 232 valence electrons. The van der Waals surface area contributed by atoms with E-state index in [-0.39, 0.29) is 22.7 Å². The van der Waals surface area contributed by atoms with Crippen LogP contribution in [0.3, 0.4) is 0 Å². The topological polar surface area (TPSA) is 77.6 Å². The van der Waals surface area contributed by atoms with Gasteiger partial charge in [0.1, 0.15) is 0 Å². The molecule has 0 bridgehead atoms. The number of benzene rings is 2. The molecule has 4 rings (SSSR count). The van der Waals surface area contributed by atoms with Gasteiger partial charge in [-0.25, -0.2) is 4.98 Å². The van der Waals surface area contributed by atoms with Gasteiger partial charge in [-0.3, -0.25) is 14.5 Å². The van der Waals surface area contributed by atoms with Gasteiger partial charge in [0, 0.05) is 50.7 Å². The lowest BCUT2D eigenvalue weighted by Gasteiger charge is -2.37. The molecule has 2 amide bonds. The number of aryl methyl sites for hydroxylation is 1. The fourth-order valence-corrected chi connectivity index (χ4v) is 5.75. The van der Waals surface area contributed by atoms with Gasteiger partial charge in [-0.1, -0.05) is 18.2 Å². The monoisotopic (exact) mass is 627 g/mol. The van der Waals surface area contributed by atoms with E-state index in [2.05, 4.69) is 44.5 Å². The Morgan fingerprint density at radius 2 is 1.60 bits per heavy atom. The lowest BCUT2D eigenvalue weighted by Crippen LogP contribution is -2.47. The maximum atomic E-state index is 13.4. The van der Waals surface area contributed by atoms with E-state index < -0.39 is 41.8 Å². The zero-order valence-corrected chi connectivity index (χ0v) is 24.3. The van der Waals surface area contributed by atoms with Crippen LogP contribution in [0.4, 0.5) is 37.2 Å². The summed E-state index contributed by atoms with van der Waals surface area (Å²) in [5.41, 5.74) is -0.548. The second-order valence-electron chi connectivity index (χ2n) is 10.3. The molecular weight excluding hydrogens is 596 g/mol. The van der Waals surface area contributed by atoms with Crippen LogP contribution in [0, 0.1) is 6.92 Å². The number of piperazine rings is 1. The van der Waals surface area contributed by atoms with Crippen LogP contribution >= 0.6 is 11.3 Å². The van der Waals surface area contributed by atoms with Crippen molar-refractivity contribution >= 4 is 34.0 Å². The molecule has 2 aromatic carbocycles. The summed E-state index contributed by atoms with van der Waals surface area (Å²) in [4.78, 5) is 33.7. The SMILES string of the molecule is CC(=O)Nc1nc(C(CCN2CCN(c3ccccc3C)CC2)C(=O)NCc2cc(C(F)(F)F)cc(C(F)(F)F)c2)cs1. The van der Waals surface area contributed by atoms with Gasteiger partial charge in [0.2, 0.25) is 11.8 Å². The molecule has 1 fully saturated rings.